The second kappa shape index (κ2) is 5.08. The van der Waals surface area contributed by atoms with Crippen LogP contribution in [0.3, 0.4) is 0 Å². The van der Waals surface area contributed by atoms with E-state index < -0.39 is 0 Å². The van der Waals surface area contributed by atoms with Gasteiger partial charge in [0.25, 0.3) is 0 Å². The fourth-order valence-electron chi connectivity index (χ4n) is 2.62. The van der Waals surface area contributed by atoms with Crippen LogP contribution in [0, 0.1) is 6.92 Å². The van der Waals surface area contributed by atoms with Crippen molar-refractivity contribution in [3.8, 4) is 16.9 Å². The lowest BCUT2D eigenvalue weighted by Crippen LogP contribution is -1.97. The molecule has 0 atom stereocenters. The van der Waals surface area contributed by atoms with Gasteiger partial charge in [0.2, 0.25) is 0 Å². The molecule has 0 bridgehead atoms. The first kappa shape index (κ1) is 12.3. The second-order valence-corrected chi connectivity index (χ2v) is 5.28. The maximum atomic E-state index is 5.75. The average molecular weight is 252 g/mol. The highest BCUT2D eigenvalue weighted by Crippen LogP contribution is 2.46. The summed E-state index contributed by atoms with van der Waals surface area (Å²) in [5.41, 5.74) is 5.39. The topological polar surface area (TPSA) is 9.23 Å². The van der Waals surface area contributed by atoms with E-state index in [-0.39, 0.29) is 0 Å². The van der Waals surface area contributed by atoms with Crippen LogP contribution in [0.2, 0.25) is 0 Å². The zero-order valence-corrected chi connectivity index (χ0v) is 11.6. The van der Waals surface area contributed by atoms with Crippen molar-refractivity contribution in [2.75, 3.05) is 6.61 Å². The van der Waals surface area contributed by atoms with Gasteiger partial charge in [-0.15, -0.1) is 0 Å². The number of hydrogen-bond donors (Lipinski definition) is 0. The van der Waals surface area contributed by atoms with Gasteiger partial charge in [0, 0.05) is 0 Å². The van der Waals surface area contributed by atoms with Gasteiger partial charge in [-0.25, -0.2) is 0 Å². The molecule has 1 fully saturated rings. The van der Waals surface area contributed by atoms with Gasteiger partial charge in [-0.2, -0.15) is 0 Å². The molecule has 0 aromatic heterocycles. The van der Waals surface area contributed by atoms with E-state index in [1.807, 2.05) is 6.92 Å². The summed E-state index contributed by atoms with van der Waals surface area (Å²) in [6.45, 7) is 4.90. The minimum atomic E-state index is 0.720. The quantitative estimate of drug-likeness (QED) is 0.749. The maximum absolute atomic E-state index is 5.75. The molecule has 0 aliphatic heterocycles. The van der Waals surface area contributed by atoms with Crippen LogP contribution in [0.1, 0.15) is 36.8 Å². The lowest BCUT2D eigenvalue weighted by atomic mass is 9.94. The van der Waals surface area contributed by atoms with Crippen molar-refractivity contribution in [3.05, 3.63) is 53.6 Å². The molecule has 98 valence electrons. The van der Waals surface area contributed by atoms with E-state index in [9.17, 15) is 0 Å². The van der Waals surface area contributed by atoms with Crippen molar-refractivity contribution in [1.29, 1.82) is 0 Å². The number of rotatable bonds is 4. The zero-order valence-electron chi connectivity index (χ0n) is 11.6. The van der Waals surface area contributed by atoms with E-state index in [1.165, 1.54) is 35.1 Å². The first-order valence-corrected chi connectivity index (χ1v) is 7.12. The third kappa shape index (κ3) is 2.51. The van der Waals surface area contributed by atoms with Crippen LogP contribution < -0.4 is 4.74 Å². The molecule has 0 heterocycles. The Hall–Kier alpha value is -1.76. The van der Waals surface area contributed by atoms with Gasteiger partial charge in [0.1, 0.15) is 5.75 Å². The predicted octanol–water partition coefficient (Wildman–Crippen LogP) is 4.94. The normalized spacial score (nSPS) is 14.4. The summed E-state index contributed by atoms with van der Waals surface area (Å²) in [5.74, 6) is 1.77. The van der Waals surface area contributed by atoms with Gasteiger partial charge >= 0.3 is 0 Å². The van der Waals surface area contributed by atoms with Crippen molar-refractivity contribution < 1.29 is 4.74 Å². The zero-order chi connectivity index (χ0) is 13.2. The van der Waals surface area contributed by atoms with Gasteiger partial charge in [-0.05, 0) is 60.9 Å². The Labute approximate surface area is 115 Å². The second-order valence-electron chi connectivity index (χ2n) is 5.28. The van der Waals surface area contributed by atoms with E-state index in [0.29, 0.717) is 0 Å². The minimum Gasteiger partial charge on any atom is -0.494 e. The Kier molecular flexibility index (Phi) is 3.29. The highest BCUT2D eigenvalue weighted by atomic mass is 16.5. The third-order valence-corrected chi connectivity index (χ3v) is 3.75. The number of benzene rings is 2. The minimum absolute atomic E-state index is 0.720. The number of aryl methyl sites for hydroxylation is 1. The Balaban J connectivity index is 2.11. The highest BCUT2D eigenvalue weighted by Gasteiger charge is 2.27. The lowest BCUT2D eigenvalue weighted by molar-refractivity contribution is 0.338. The van der Waals surface area contributed by atoms with E-state index in [2.05, 4.69) is 49.4 Å². The van der Waals surface area contributed by atoms with Gasteiger partial charge in [-0.1, -0.05) is 36.4 Å². The SMILES string of the molecule is CCOc1cc(-c2ccccc2)c(C2CC2)cc1C. The molecule has 0 radical (unpaired) electrons. The molecule has 0 amide bonds. The van der Waals surface area contributed by atoms with Crippen molar-refractivity contribution in [2.24, 2.45) is 0 Å². The molecule has 0 N–H and O–H groups in total. The molecule has 3 rings (SSSR count). The van der Waals surface area contributed by atoms with Gasteiger partial charge < -0.3 is 4.74 Å². The first-order chi connectivity index (χ1) is 9.29. The van der Waals surface area contributed by atoms with E-state index in [4.69, 9.17) is 4.74 Å². The fraction of sp³-hybridized carbons (Fsp3) is 0.333. The summed E-state index contributed by atoms with van der Waals surface area (Å²) in [6.07, 6.45) is 2.65. The molecular formula is C18H20O. The smallest absolute Gasteiger partial charge is 0.122 e. The summed E-state index contributed by atoms with van der Waals surface area (Å²) < 4.78 is 5.75. The van der Waals surface area contributed by atoms with Gasteiger partial charge in [0.15, 0.2) is 0 Å². The number of hydrogen-bond acceptors (Lipinski definition) is 1. The van der Waals surface area contributed by atoms with Crippen molar-refractivity contribution in [2.45, 2.75) is 32.6 Å². The summed E-state index contributed by atoms with van der Waals surface area (Å²) in [4.78, 5) is 0. The van der Waals surface area contributed by atoms with Crippen LogP contribution in [0.5, 0.6) is 5.75 Å². The molecule has 0 saturated heterocycles. The molecule has 1 aliphatic carbocycles. The fourth-order valence-corrected chi connectivity index (χ4v) is 2.62. The van der Waals surface area contributed by atoms with Gasteiger partial charge in [0.05, 0.1) is 6.61 Å². The van der Waals surface area contributed by atoms with Crippen molar-refractivity contribution in [3.63, 3.8) is 0 Å². The molecule has 1 heteroatoms. The summed E-state index contributed by atoms with van der Waals surface area (Å²) >= 11 is 0. The maximum Gasteiger partial charge on any atom is 0.122 e. The van der Waals surface area contributed by atoms with E-state index in [0.717, 1.165) is 18.3 Å². The van der Waals surface area contributed by atoms with E-state index in [1.54, 1.807) is 0 Å². The van der Waals surface area contributed by atoms with Gasteiger partial charge in [-0.3, -0.25) is 0 Å². The molecular weight excluding hydrogens is 232 g/mol. The lowest BCUT2D eigenvalue weighted by Gasteiger charge is -2.15. The molecule has 1 saturated carbocycles. The van der Waals surface area contributed by atoms with E-state index >= 15 is 0 Å². The molecule has 1 nitrogen and oxygen atoms in total. The van der Waals surface area contributed by atoms with Crippen LogP contribution in [0.25, 0.3) is 11.1 Å². The number of ether oxygens (including phenoxy) is 1. The Morgan fingerprint density at radius 2 is 1.84 bits per heavy atom. The molecule has 1 aliphatic rings. The standard InChI is InChI=1S/C18H20O/c1-3-19-18-12-17(14-7-5-4-6-8-14)16(11-13(18)2)15-9-10-15/h4-8,11-12,15H,3,9-10H2,1-2H3. The van der Waals surface area contributed by atoms with Crippen molar-refractivity contribution >= 4 is 0 Å². The molecule has 2 aromatic rings. The Morgan fingerprint density at radius 3 is 2.47 bits per heavy atom. The van der Waals surface area contributed by atoms with Crippen LogP contribution >= 0.6 is 0 Å². The highest BCUT2D eigenvalue weighted by molar-refractivity contribution is 5.71. The van der Waals surface area contributed by atoms with Crippen LogP contribution in [0.4, 0.5) is 0 Å². The molecule has 19 heavy (non-hydrogen) atoms. The molecule has 0 unspecified atom stereocenters. The van der Waals surface area contributed by atoms with Crippen LogP contribution in [-0.4, -0.2) is 6.61 Å². The average Bonchev–Trinajstić information content (AvgIpc) is 3.26. The third-order valence-electron chi connectivity index (χ3n) is 3.75. The predicted molar refractivity (Wildman–Crippen MR) is 79.8 cm³/mol. The first-order valence-electron chi connectivity index (χ1n) is 7.12. The van der Waals surface area contributed by atoms with Crippen LogP contribution in [0.15, 0.2) is 42.5 Å². The van der Waals surface area contributed by atoms with Crippen LogP contribution in [-0.2, 0) is 0 Å². The summed E-state index contributed by atoms with van der Waals surface area (Å²) in [6, 6.07) is 15.2. The molecule has 2 aromatic carbocycles. The van der Waals surface area contributed by atoms with Crippen molar-refractivity contribution in [1.82, 2.24) is 0 Å². The molecule has 0 spiro atoms. The Morgan fingerprint density at radius 1 is 1.11 bits per heavy atom. The monoisotopic (exact) mass is 252 g/mol. The summed E-state index contributed by atoms with van der Waals surface area (Å²) in [5, 5.41) is 0. The largest absolute Gasteiger partial charge is 0.494 e. The Bertz CT molecular complexity index is 568. The summed E-state index contributed by atoms with van der Waals surface area (Å²) in [7, 11) is 0.